The summed E-state index contributed by atoms with van der Waals surface area (Å²) in [5.74, 6) is 1.03. The molecule has 0 N–H and O–H groups in total. The molecule has 0 aliphatic carbocycles. The zero-order valence-electron chi connectivity index (χ0n) is 7.80. The van der Waals surface area contributed by atoms with Crippen LogP contribution in [0.4, 0.5) is 0 Å². The van der Waals surface area contributed by atoms with Gasteiger partial charge >= 0.3 is 0 Å². The molecule has 0 fully saturated rings. The van der Waals surface area contributed by atoms with Crippen LogP contribution in [0.1, 0.15) is 19.4 Å². The molecular weight excluding hydrogens is 313 g/mol. The number of fused-ring (bicyclic) bond motifs is 1. The van der Waals surface area contributed by atoms with Crippen LogP contribution < -0.4 is 4.74 Å². The number of hydrogen-bond donors (Lipinski definition) is 0. The largest absolute Gasteiger partial charge is 0.519 e. The molecule has 0 aromatic heterocycles. The van der Waals surface area contributed by atoms with Crippen LogP contribution in [0.2, 0.25) is 0 Å². The summed E-state index contributed by atoms with van der Waals surface area (Å²) in [6.45, 7) is 4.17. The van der Waals surface area contributed by atoms with Crippen molar-refractivity contribution >= 4 is 0 Å². The number of hydrogen-bond acceptors (Lipinski definition) is 1. The molecule has 0 atom stereocenters. The minimum Gasteiger partial charge on any atom is -0.519 e. The summed E-state index contributed by atoms with van der Waals surface area (Å²) in [5.41, 5.74) is 1.19. The quantitative estimate of drug-likeness (QED) is 0.526. The molecule has 0 spiro atoms. The van der Waals surface area contributed by atoms with E-state index in [2.05, 4.69) is 26.3 Å². The van der Waals surface area contributed by atoms with Crippen LogP contribution in [0.15, 0.2) is 24.3 Å². The molecule has 0 amide bonds. The van der Waals surface area contributed by atoms with E-state index in [1.165, 1.54) is 5.56 Å². The van der Waals surface area contributed by atoms with Crippen molar-refractivity contribution in [3.05, 3.63) is 36.2 Å². The first-order valence-corrected chi connectivity index (χ1v) is 4.29. The van der Waals surface area contributed by atoms with E-state index in [0.717, 1.165) is 12.2 Å². The number of benzene rings is 1. The van der Waals surface area contributed by atoms with E-state index < -0.39 is 0 Å². The van der Waals surface area contributed by atoms with Gasteiger partial charge in [-0.15, -0.1) is 6.42 Å². The predicted molar refractivity (Wildman–Crippen MR) is 49.2 cm³/mol. The average molecular weight is 326 g/mol. The molecule has 0 saturated carbocycles. The Labute approximate surface area is 109 Å². The fraction of sp³-hybridized carbons (Fsp3) is 0.364. The molecule has 2 heteroatoms. The average Bonchev–Trinajstić information content (AvgIpc) is 2.02. The zero-order valence-corrected chi connectivity index (χ0v) is 9.74. The fourth-order valence-electron chi connectivity index (χ4n) is 1.45. The maximum absolute atomic E-state index is 5.76. The molecule has 1 aromatic rings. The molecule has 13 heavy (non-hydrogen) atoms. The van der Waals surface area contributed by atoms with Gasteiger partial charge in [-0.3, -0.25) is 6.42 Å². The van der Waals surface area contributed by atoms with Crippen LogP contribution in [0, 0.1) is 44.2 Å². The van der Waals surface area contributed by atoms with Gasteiger partial charge in [-0.1, -0.05) is 32.0 Å². The molecule has 1 aromatic carbocycles. The van der Waals surface area contributed by atoms with Crippen LogP contribution in [0.3, 0.4) is 0 Å². The Balaban J connectivity index is 0.000000845. The second-order valence-corrected chi connectivity index (χ2v) is 3.72. The van der Waals surface area contributed by atoms with E-state index in [1.807, 2.05) is 18.2 Å². The van der Waals surface area contributed by atoms with Gasteiger partial charge in [-0.05, 0) is 17.2 Å². The summed E-state index contributed by atoms with van der Waals surface area (Å²) in [5, 5.41) is 0. The zero-order chi connectivity index (χ0) is 8.60. The molecule has 0 saturated heterocycles. The Morgan fingerprint density at radius 2 is 2.00 bits per heavy atom. The van der Waals surface area contributed by atoms with Gasteiger partial charge < -0.3 is 4.74 Å². The third kappa shape index (κ3) is 2.61. The minimum atomic E-state index is -0.103. The molecule has 1 heterocycles. The van der Waals surface area contributed by atoms with Crippen LogP contribution in [0.25, 0.3) is 0 Å². The summed E-state index contributed by atoms with van der Waals surface area (Å²) in [7, 11) is 0. The van der Waals surface area contributed by atoms with Crippen molar-refractivity contribution < 1.29 is 42.5 Å². The second-order valence-electron chi connectivity index (χ2n) is 3.72. The first-order valence-electron chi connectivity index (χ1n) is 4.29. The Morgan fingerprint density at radius 3 is 2.77 bits per heavy atom. The predicted octanol–water partition coefficient (Wildman–Crippen LogP) is 2.60. The molecule has 1 aliphatic rings. The van der Waals surface area contributed by atoms with Gasteiger partial charge in [0, 0.05) is 37.7 Å². The van der Waals surface area contributed by atoms with Crippen LogP contribution in [0.5, 0.6) is 5.75 Å². The molecular formula is C11H13HoO-. The van der Waals surface area contributed by atoms with E-state index in [4.69, 9.17) is 4.74 Å². The first-order chi connectivity index (χ1) is 5.67. The number of para-hydroxylation sites is 1. The molecule has 2 rings (SSSR count). The van der Waals surface area contributed by atoms with Gasteiger partial charge in [-0.25, -0.2) is 0 Å². The van der Waals surface area contributed by atoms with Crippen molar-refractivity contribution in [2.45, 2.75) is 25.9 Å². The van der Waals surface area contributed by atoms with Crippen molar-refractivity contribution in [2.24, 2.45) is 0 Å². The van der Waals surface area contributed by atoms with E-state index in [9.17, 15) is 0 Å². The normalized spacial score (nSPS) is 18.0. The van der Waals surface area contributed by atoms with Gasteiger partial charge in [0.05, 0.1) is 0 Å². The van der Waals surface area contributed by atoms with Gasteiger partial charge in [0.15, 0.2) is 0 Å². The summed E-state index contributed by atoms with van der Waals surface area (Å²) in [4.78, 5) is 0. The SMILES string of the molecule is CC1(C)[CH-]Cc2ccccc2O1.[Ho]. The summed E-state index contributed by atoms with van der Waals surface area (Å²) in [6, 6.07) is 8.21. The van der Waals surface area contributed by atoms with Gasteiger partial charge in [0.1, 0.15) is 5.75 Å². The van der Waals surface area contributed by atoms with E-state index in [1.54, 1.807) is 0 Å². The van der Waals surface area contributed by atoms with Crippen LogP contribution in [-0.2, 0) is 6.42 Å². The minimum absolute atomic E-state index is 0. The third-order valence-corrected chi connectivity index (χ3v) is 2.16. The van der Waals surface area contributed by atoms with Gasteiger partial charge in [-0.2, -0.15) is 0 Å². The molecule has 1 radical (unpaired) electrons. The maximum Gasteiger partial charge on any atom is 0.116 e. The standard InChI is InChI=1S/C11H13O.Ho/c1-11(2)8-7-9-5-3-4-6-10(9)12-11;/h3-6,8H,7H2,1-2H3;/q-1;. The first kappa shape index (κ1) is 11.4. The monoisotopic (exact) mass is 326 g/mol. The van der Waals surface area contributed by atoms with Crippen molar-refractivity contribution in [1.29, 1.82) is 0 Å². The molecule has 0 unspecified atom stereocenters. The van der Waals surface area contributed by atoms with E-state index >= 15 is 0 Å². The Hall–Kier alpha value is 0.280. The van der Waals surface area contributed by atoms with Crippen molar-refractivity contribution in [1.82, 2.24) is 0 Å². The van der Waals surface area contributed by atoms with Crippen molar-refractivity contribution in [2.75, 3.05) is 0 Å². The smallest absolute Gasteiger partial charge is 0.116 e. The molecule has 1 nitrogen and oxygen atoms in total. The molecule has 1 aliphatic heterocycles. The van der Waals surface area contributed by atoms with Crippen LogP contribution >= 0.6 is 0 Å². The summed E-state index contributed by atoms with van der Waals surface area (Å²) >= 11 is 0. The molecule has 0 bridgehead atoms. The topological polar surface area (TPSA) is 9.23 Å². The Morgan fingerprint density at radius 1 is 1.31 bits per heavy atom. The molecule has 75 valence electrons. The van der Waals surface area contributed by atoms with Gasteiger partial charge in [0.25, 0.3) is 0 Å². The van der Waals surface area contributed by atoms with E-state index in [-0.39, 0.29) is 43.3 Å². The van der Waals surface area contributed by atoms with Crippen molar-refractivity contribution in [3.63, 3.8) is 0 Å². The Kier molecular flexibility index (Phi) is 3.67. The van der Waals surface area contributed by atoms with Gasteiger partial charge in [0.2, 0.25) is 0 Å². The van der Waals surface area contributed by atoms with Crippen molar-refractivity contribution in [3.8, 4) is 5.75 Å². The summed E-state index contributed by atoms with van der Waals surface area (Å²) < 4.78 is 5.76. The fourth-order valence-corrected chi connectivity index (χ4v) is 1.45. The third-order valence-electron chi connectivity index (χ3n) is 2.16. The second kappa shape index (κ2) is 4.20. The van der Waals surface area contributed by atoms with Crippen LogP contribution in [-0.4, -0.2) is 5.60 Å². The Bertz CT molecular complexity index is 294. The number of rotatable bonds is 0. The maximum atomic E-state index is 5.76. The summed E-state index contributed by atoms with van der Waals surface area (Å²) in [6.07, 6.45) is 3.22. The number of ether oxygens (including phenoxy) is 1. The van der Waals surface area contributed by atoms with E-state index in [0.29, 0.717) is 0 Å².